The molecule has 0 aliphatic rings. The molecule has 0 aliphatic carbocycles. The van der Waals surface area contributed by atoms with Crippen molar-refractivity contribution >= 4 is 23.1 Å². The van der Waals surface area contributed by atoms with Gasteiger partial charge in [0.15, 0.2) is 0 Å². The SMILES string of the molecule is Cc1ccc(Oc2cc(=O)n(C)c(Nc3ccc(N)cc3F)c2C(N)=O)cn1. The van der Waals surface area contributed by atoms with E-state index < -0.39 is 17.3 Å². The van der Waals surface area contributed by atoms with Crippen molar-refractivity contribution in [1.29, 1.82) is 0 Å². The van der Waals surface area contributed by atoms with Crippen LogP contribution in [0.25, 0.3) is 0 Å². The number of nitrogens with zero attached hydrogens (tertiary/aromatic N) is 2. The molecule has 2 aromatic heterocycles. The molecule has 9 heteroatoms. The van der Waals surface area contributed by atoms with Crippen LogP contribution in [-0.4, -0.2) is 15.5 Å². The van der Waals surface area contributed by atoms with Crippen molar-refractivity contribution < 1.29 is 13.9 Å². The summed E-state index contributed by atoms with van der Waals surface area (Å²) in [6.07, 6.45) is 1.45. The van der Waals surface area contributed by atoms with Gasteiger partial charge in [-0.25, -0.2) is 4.39 Å². The summed E-state index contributed by atoms with van der Waals surface area (Å²) in [5.41, 5.74) is 11.5. The topological polar surface area (TPSA) is 125 Å². The summed E-state index contributed by atoms with van der Waals surface area (Å²) in [4.78, 5) is 28.6. The van der Waals surface area contributed by atoms with Gasteiger partial charge in [-0.1, -0.05) is 0 Å². The summed E-state index contributed by atoms with van der Waals surface area (Å²) < 4.78 is 21.0. The number of halogens is 1. The molecule has 2 heterocycles. The number of nitrogens with one attached hydrogen (secondary N) is 1. The van der Waals surface area contributed by atoms with Gasteiger partial charge < -0.3 is 21.5 Å². The smallest absolute Gasteiger partial charge is 0.256 e. The van der Waals surface area contributed by atoms with Crippen LogP contribution in [0.5, 0.6) is 11.5 Å². The fourth-order valence-corrected chi connectivity index (χ4v) is 2.54. The number of nitrogens with two attached hydrogens (primary N) is 2. The zero-order valence-electron chi connectivity index (χ0n) is 15.2. The van der Waals surface area contributed by atoms with Gasteiger partial charge in [0.2, 0.25) is 0 Å². The fourth-order valence-electron chi connectivity index (χ4n) is 2.54. The Kier molecular flexibility index (Phi) is 4.99. The van der Waals surface area contributed by atoms with Crippen LogP contribution in [0.1, 0.15) is 16.1 Å². The number of amides is 1. The minimum atomic E-state index is -0.857. The van der Waals surface area contributed by atoms with E-state index in [1.807, 2.05) is 0 Å². The van der Waals surface area contributed by atoms with Gasteiger partial charge in [0.25, 0.3) is 11.5 Å². The van der Waals surface area contributed by atoms with Crippen molar-refractivity contribution in [2.24, 2.45) is 12.8 Å². The Morgan fingerprint density at radius 2 is 2.00 bits per heavy atom. The maximum absolute atomic E-state index is 14.2. The van der Waals surface area contributed by atoms with Gasteiger partial charge in [-0.15, -0.1) is 0 Å². The van der Waals surface area contributed by atoms with Crippen molar-refractivity contribution in [3.8, 4) is 11.5 Å². The summed E-state index contributed by atoms with van der Waals surface area (Å²) in [7, 11) is 1.42. The monoisotopic (exact) mass is 383 g/mol. The largest absolute Gasteiger partial charge is 0.455 e. The van der Waals surface area contributed by atoms with E-state index in [0.717, 1.165) is 22.4 Å². The number of benzene rings is 1. The van der Waals surface area contributed by atoms with E-state index in [1.54, 1.807) is 19.1 Å². The number of nitrogen functional groups attached to an aromatic ring is 1. The molecule has 0 spiro atoms. The number of primary amides is 1. The highest BCUT2D eigenvalue weighted by atomic mass is 19.1. The molecule has 0 unspecified atom stereocenters. The lowest BCUT2D eigenvalue weighted by Gasteiger charge is -2.18. The molecule has 5 N–H and O–H groups in total. The fraction of sp³-hybridized carbons (Fsp3) is 0.105. The van der Waals surface area contributed by atoms with Crippen LogP contribution in [0.3, 0.4) is 0 Å². The lowest BCUT2D eigenvalue weighted by molar-refractivity contribution is 0.0998. The Morgan fingerprint density at radius 3 is 2.61 bits per heavy atom. The van der Waals surface area contributed by atoms with E-state index in [2.05, 4.69) is 10.3 Å². The van der Waals surface area contributed by atoms with Crippen LogP contribution in [0, 0.1) is 12.7 Å². The molecule has 0 bridgehead atoms. The number of pyridine rings is 2. The molecule has 144 valence electrons. The molecule has 0 aliphatic heterocycles. The highest BCUT2D eigenvalue weighted by Crippen LogP contribution is 2.31. The van der Waals surface area contributed by atoms with Gasteiger partial charge in [-0.2, -0.15) is 0 Å². The lowest BCUT2D eigenvalue weighted by Crippen LogP contribution is -2.25. The van der Waals surface area contributed by atoms with Gasteiger partial charge in [0.05, 0.1) is 11.9 Å². The second kappa shape index (κ2) is 7.39. The molecule has 28 heavy (non-hydrogen) atoms. The van der Waals surface area contributed by atoms with Crippen LogP contribution in [0.15, 0.2) is 47.4 Å². The Hall–Kier alpha value is -3.88. The Balaban J connectivity index is 2.12. The maximum Gasteiger partial charge on any atom is 0.256 e. The first-order valence-electron chi connectivity index (χ1n) is 8.22. The second-order valence-electron chi connectivity index (χ2n) is 6.10. The first kappa shape index (κ1) is 18.9. The molecule has 0 radical (unpaired) electrons. The average molecular weight is 383 g/mol. The molecule has 0 saturated heterocycles. The summed E-state index contributed by atoms with van der Waals surface area (Å²) >= 11 is 0. The van der Waals surface area contributed by atoms with Crippen LogP contribution in [0.4, 0.5) is 21.6 Å². The predicted molar refractivity (Wildman–Crippen MR) is 103 cm³/mol. The summed E-state index contributed by atoms with van der Waals surface area (Å²) in [5, 5.41) is 2.73. The summed E-state index contributed by atoms with van der Waals surface area (Å²) in [6.45, 7) is 1.81. The minimum absolute atomic E-state index is 0.0147. The van der Waals surface area contributed by atoms with E-state index >= 15 is 0 Å². The minimum Gasteiger partial charge on any atom is -0.455 e. The Bertz CT molecular complexity index is 1110. The molecule has 3 rings (SSSR count). The number of carbonyl (C=O) groups excluding carboxylic acids is 1. The Morgan fingerprint density at radius 1 is 1.25 bits per heavy atom. The van der Waals surface area contributed by atoms with Gasteiger partial charge in [-0.05, 0) is 37.3 Å². The normalized spacial score (nSPS) is 10.5. The molecule has 1 aromatic carbocycles. The highest BCUT2D eigenvalue weighted by molar-refractivity contribution is 6.01. The molecule has 1 amide bonds. The highest BCUT2D eigenvalue weighted by Gasteiger charge is 2.21. The third kappa shape index (κ3) is 3.78. The molecule has 0 atom stereocenters. The first-order valence-corrected chi connectivity index (χ1v) is 8.22. The van der Waals surface area contributed by atoms with Gasteiger partial charge >= 0.3 is 0 Å². The number of hydrogen-bond acceptors (Lipinski definition) is 6. The number of aryl methyl sites for hydroxylation is 1. The Labute approximate surface area is 159 Å². The third-order valence-electron chi connectivity index (χ3n) is 4.01. The third-order valence-corrected chi connectivity index (χ3v) is 4.01. The molecule has 8 nitrogen and oxygen atoms in total. The van der Waals surface area contributed by atoms with E-state index in [1.165, 1.54) is 25.4 Å². The van der Waals surface area contributed by atoms with E-state index in [4.69, 9.17) is 16.2 Å². The van der Waals surface area contributed by atoms with Crippen LogP contribution in [-0.2, 0) is 7.05 Å². The standard InChI is InChI=1S/C19H18FN5O3/c1-10-3-5-12(9-23-10)28-15-8-16(26)25(2)19(17(15)18(22)27)24-14-6-4-11(21)7-13(14)20/h3-9,24H,21H2,1-2H3,(H2,22,27). The molecule has 0 saturated carbocycles. The van der Waals surface area contributed by atoms with Gasteiger partial charge in [-0.3, -0.25) is 19.1 Å². The van der Waals surface area contributed by atoms with Crippen LogP contribution < -0.4 is 27.1 Å². The number of hydrogen-bond donors (Lipinski definition) is 3. The summed E-state index contributed by atoms with van der Waals surface area (Å²) in [5.74, 6) is -1.29. The van der Waals surface area contributed by atoms with E-state index in [0.29, 0.717) is 5.75 Å². The number of ether oxygens (including phenoxy) is 1. The quantitative estimate of drug-likeness (QED) is 0.581. The van der Waals surface area contributed by atoms with Crippen LogP contribution >= 0.6 is 0 Å². The molecule has 0 fully saturated rings. The van der Waals surface area contributed by atoms with Gasteiger partial charge in [0, 0.05) is 24.5 Å². The zero-order valence-corrected chi connectivity index (χ0v) is 15.2. The zero-order chi connectivity index (χ0) is 20.4. The maximum atomic E-state index is 14.2. The van der Waals surface area contributed by atoms with Crippen molar-refractivity contribution in [2.75, 3.05) is 11.1 Å². The van der Waals surface area contributed by atoms with Crippen molar-refractivity contribution in [2.45, 2.75) is 6.92 Å². The molecular formula is C19H18FN5O3. The van der Waals surface area contributed by atoms with E-state index in [9.17, 15) is 14.0 Å². The second-order valence-corrected chi connectivity index (χ2v) is 6.10. The van der Waals surface area contributed by atoms with Crippen molar-refractivity contribution in [1.82, 2.24) is 9.55 Å². The van der Waals surface area contributed by atoms with E-state index in [-0.39, 0.29) is 28.5 Å². The lowest BCUT2D eigenvalue weighted by atomic mass is 10.2. The van der Waals surface area contributed by atoms with Crippen molar-refractivity contribution in [3.05, 3.63) is 70.0 Å². The molecule has 3 aromatic rings. The van der Waals surface area contributed by atoms with Crippen LogP contribution in [0.2, 0.25) is 0 Å². The number of anilines is 3. The number of rotatable bonds is 5. The first-order chi connectivity index (χ1) is 13.3. The number of carbonyl (C=O) groups is 1. The predicted octanol–water partition coefficient (Wildman–Crippen LogP) is 2.44. The van der Waals surface area contributed by atoms with Crippen molar-refractivity contribution in [3.63, 3.8) is 0 Å². The average Bonchev–Trinajstić information content (AvgIpc) is 2.63. The summed E-state index contributed by atoms with van der Waals surface area (Å²) in [6, 6.07) is 8.46. The number of aromatic nitrogens is 2. The van der Waals surface area contributed by atoms with Gasteiger partial charge in [0.1, 0.15) is 28.7 Å². The molecular weight excluding hydrogens is 365 g/mol.